The normalized spacial score (nSPS) is 14.7. The van der Waals surface area contributed by atoms with Crippen LogP contribution in [0, 0.1) is 5.92 Å². The highest BCUT2D eigenvalue weighted by molar-refractivity contribution is 6.30. The molecule has 3 heterocycles. The number of esters is 1. The van der Waals surface area contributed by atoms with Gasteiger partial charge in [-0.25, -0.2) is 9.78 Å². The summed E-state index contributed by atoms with van der Waals surface area (Å²) in [5, 5.41) is 13.1. The maximum Gasteiger partial charge on any atom is 0.341 e. The van der Waals surface area contributed by atoms with Crippen molar-refractivity contribution < 1.29 is 19.4 Å². The van der Waals surface area contributed by atoms with Crippen molar-refractivity contribution in [1.82, 2.24) is 9.97 Å². The van der Waals surface area contributed by atoms with Gasteiger partial charge < -0.3 is 24.5 Å². The number of piperidine rings is 1. The highest BCUT2D eigenvalue weighted by atomic mass is 35.5. The summed E-state index contributed by atoms with van der Waals surface area (Å²) in [6, 6.07) is 25.1. The van der Waals surface area contributed by atoms with E-state index in [1.165, 1.54) is 7.11 Å². The summed E-state index contributed by atoms with van der Waals surface area (Å²) >= 11 is 6.10. The van der Waals surface area contributed by atoms with E-state index in [9.17, 15) is 9.90 Å². The van der Waals surface area contributed by atoms with E-state index in [0.717, 1.165) is 59.3 Å². The van der Waals surface area contributed by atoms with Gasteiger partial charge in [0.2, 0.25) is 0 Å². The van der Waals surface area contributed by atoms with E-state index < -0.39 is 12.1 Å². The Morgan fingerprint density at radius 3 is 2.61 bits per heavy atom. The van der Waals surface area contributed by atoms with Crippen LogP contribution in [0.1, 0.15) is 34.9 Å². The Hall–Kier alpha value is -4.33. The van der Waals surface area contributed by atoms with E-state index in [0.29, 0.717) is 22.1 Å². The number of carbonyl (C=O) groups excluding carboxylic acids is 1. The smallest absolute Gasteiger partial charge is 0.341 e. The summed E-state index contributed by atoms with van der Waals surface area (Å²) < 4.78 is 11.2. The number of H-pyrrole nitrogens is 1. The van der Waals surface area contributed by atoms with Crippen molar-refractivity contribution in [1.29, 1.82) is 0 Å². The van der Waals surface area contributed by atoms with Gasteiger partial charge in [0.05, 0.1) is 19.4 Å². The number of benzene rings is 3. The van der Waals surface area contributed by atoms with Crippen molar-refractivity contribution >= 4 is 34.3 Å². The average Bonchev–Trinajstić information content (AvgIpc) is 3.49. The zero-order chi connectivity index (χ0) is 28.3. The Bertz CT molecular complexity index is 1680. The molecule has 0 bridgehead atoms. The number of fused-ring (bicyclic) bond motifs is 1. The summed E-state index contributed by atoms with van der Waals surface area (Å²) in [6.07, 6.45) is 4.50. The van der Waals surface area contributed by atoms with Gasteiger partial charge in [0.25, 0.3) is 0 Å². The zero-order valence-corrected chi connectivity index (χ0v) is 23.3. The number of hydrogen-bond acceptors (Lipinski definition) is 6. The van der Waals surface area contributed by atoms with Gasteiger partial charge in [0, 0.05) is 41.4 Å². The third-order valence-electron chi connectivity index (χ3n) is 7.76. The van der Waals surface area contributed by atoms with Gasteiger partial charge in [-0.2, -0.15) is 0 Å². The number of nitrogens with one attached hydrogen (secondary N) is 1. The lowest BCUT2D eigenvalue weighted by molar-refractivity contribution is 0.0598. The van der Waals surface area contributed by atoms with Crippen LogP contribution in [0.2, 0.25) is 5.02 Å². The van der Waals surface area contributed by atoms with E-state index >= 15 is 0 Å². The second-order valence-electron chi connectivity index (χ2n) is 10.2. The molecule has 1 saturated heterocycles. The molecule has 0 aliphatic carbocycles. The summed E-state index contributed by atoms with van der Waals surface area (Å²) in [7, 11) is 1.36. The molecule has 1 atom stereocenters. The Morgan fingerprint density at radius 2 is 1.83 bits per heavy atom. The Kier molecular flexibility index (Phi) is 7.63. The quantitative estimate of drug-likeness (QED) is 0.199. The fourth-order valence-corrected chi connectivity index (χ4v) is 5.67. The first-order chi connectivity index (χ1) is 20.0. The molecule has 3 aromatic carbocycles. The molecule has 1 fully saturated rings. The van der Waals surface area contributed by atoms with Crippen LogP contribution in [-0.2, 0) is 4.74 Å². The number of methoxy groups -OCH3 is 1. The number of rotatable bonds is 7. The maximum absolute atomic E-state index is 12.5. The summed E-state index contributed by atoms with van der Waals surface area (Å²) in [6.45, 7) is 1.53. The number of ether oxygens (including phenoxy) is 2. The van der Waals surface area contributed by atoms with Crippen molar-refractivity contribution in [3.63, 3.8) is 0 Å². The highest BCUT2D eigenvalue weighted by Gasteiger charge is 2.28. The predicted molar refractivity (Wildman–Crippen MR) is 161 cm³/mol. The SMILES string of the molecule is COC(=O)c1ccc(N2CCC([C@H](O)c3ccccc3-c3ccc(Cl)cc3)CC2)cc1Oc1cnc2[nH]ccc2c1. The second kappa shape index (κ2) is 11.6. The third kappa shape index (κ3) is 5.64. The number of nitrogens with zero attached hydrogens (tertiary/aromatic N) is 2. The number of halogens is 1. The van der Waals surface area contributed by atoms with Crippen LogP contribution >= 0.6 is 11.6 Å². The topological polar surface area (TPSA) is 87.7 Å². The summed E-state index contributed by atoms with van der Waals surface area (Å²) in [5.74, 6) is 0.581. The standard InChI is InChI=1S/C33H30ClN3O4/c1-40-33(39)29-11-10-25(19-30(29)41-26-18-23-12-15-35-32(23)36-20-26)37-16-13-22(14-17-37)31(38)28-5-3-2-4-27(28)21-6-8-24(34)9-7-21/h2-12,15,18-20,22,31,38H,13-14,16-17H2,1H3,(H,35,36)/t31-/m0/s1. The third-order valence-corrected chi connectivity index (χ3v) is 8.01. The van der Waals surface area contributed by atoms with Crippen molar-refractivity contribution in [3.05, 3.63) is 107 Å². The first-order valence-electron chi connectivity index (χ1n) is 13.6. The molecule has 0 amide bonds. The lowest BCUT2D eigenvalue weighted by Gasteiger charge is -2.36. The van der Waals surface area contributed by atoms with Crippen LogP contribution < -0.4 is 9.64 Å². The minimum atomic E-state index is -0.583. The van der Waals surface area contributed by atoms with Crippen LogP contribution in [0.4, 0.5) is 5.69 Å². The van der Waals surface area contributed by atoms with Crippen molar-refractivity contribution in [2.45, 2.75) is 18.9 Å². The lowest BCUT2D eigenvalue weighted by Crippen LogP contribution is -2.35. The van der Waals surface area contributed by atoms with Gasteiger partial charge in [-0.1, -0.05) is 48.0 Å². The molecule has 1 aliphatic rings. The molecule has 2 N–H and O–H groups in total. The monoisotopic (exact) mass is 567 g/mol. The van der Waals surface area contributed by atoms with Gasteiger partial charge >= 0.3 is 5.97 Å². The van der Waals surface area contributed by atoms with Gasteiger partial charge in [-0.3, -0.25) is 0 Å². The number of carbonyl (C=O) groups is 1. The fourth-order valence-electron chi connectivity index (χ4n) is 5.55. The Morgan fingerprint density at radius 1 is 1.05 bits per heavy atom. The predicted octanol–water partition coefficient (Wildman–Crippen LogP) is 7.41. The molecule has 5 aromatic rings. The molecule has 2 aromatic heterocycles. The first kappa shape index (κ1) is 26.9. The molecule has 1 aliphatic heterocycles. The average molecular weight is 568 g/mol. The van der Waals surface area contributed by atoms with E-state index in [-0.39, 0.29) is 5.92 Å². The van der Waals surface area contributed by atoms with Gasteiger partial charge in [-0.15, -0.1) is 0 Å². The van der Waals surface area contributed by atoms with Crippen LogP contribution in [0.3, 0.4) is 0 Å². The van der Waals surface area contributed by atoms with Crippen LogP contribution in [0.5, 0.6) is 11.5 Å². The zero-order valence-electron chi connectivity index (χ0n) is 22.6. The van der Waals surface area contributed by atoms with Crippen molar-refractivity contribution in [3.8, 4) is 22.6 Å². The minimum Gasteiger partial charge on any atom is -0.465 e. The van der Waals surface area contributed by atoms with E-state index in [1.807, 2.05) is 79.0 Å². The second-order valence-corrected chi connectivity index (χ2v) is 10.7. The fraction of sp³-hybridized carbons (Fsp3) is 0.212. The molecule has 0 spiro atoms. The molecule has 208 valence electrons. The lowest BCUT2D eigenvalue weighted by atomic mass is 9.84. The first-order valence-corrected chi connectivity index (χ1v) is 14.0. The Balaban J connectivity index is 1.19. The molecule has 7 nitrogen and oxygen atoms in total. The van der Waals surface area contributed by atoms with E-state index in [2.05, 4.69) is 14.9 Å². The molecule has 8 heteroatoms. The number of hydrogen-bond donors (Lipinski definition) is 2. The number of pyridine rings is 1. The molecule has 0 unspecified atom stereocenters. The number of anilines is 1. The van der Waals surface area contributed by atoms with Gasteiger partial charge in [0.1, 0.15) is 22.7 Å². The molecular weight excluding hydrogens is 538 g/mol. The molecule has 6 rings (SSSR count). The number of aromatic nitrogens is 2. The maximum atomic E-state index is 12.5. The highest BCUT2D eigenvalue weighted by Crippen LogP contribution is 2.38. The summed E-state index contributed by atoms with van der Waals surface area (Å²) in [4.78, 5) is 22.2. The van der Waals surface area contributed by atoms with E-state index in [1.54, 1.807) is 12.3 Å². The van der Waals surface area contributed by atoms with Gasteiger partial charge in [0.15, 0.2) is 0 Å². The van der Waals surface area contributed by atoms with Gasteiger partial charge in [-0.05, 0) is 71.8 Å². The number of aliphatic hydroxyl groups excluding tert-OH is 1. The number of aromatic amines is 1. The van der Waals surface area contributed by atoms with Crippen molar-refractivity contribution in [2.75, 3.05) is 25.1 Å². The molecule has 41 heavy (non-hydrogen) atoms. The largest absolute Gasteiger partial charge is 0.465 e. The molecule has 0 saturated carbocycles. The minimum absolute atomic E-state index is 0.115. The Labute approximate surface area is 243 Å². The number of aliphatic hydroxyl groups is 1. The molecular formula is C33H30ClN3O4. The van der Waals surface area contributed by atoms with Crippen LogP contribution in [0.15, 0.2) is 91.3 Å². The summed E-state index contributed by atoms with van der Waals surface area (Å²) in [5.41, 5.74) is 5.03. The van der Waals surface area contributed by atoms with Crippen LogP contribution in [-0.4, -0.2) is 41.2 Å². The molecule has 0 radical (unpaired) electrons. The van der Waals surface area contributed by atoms with Crippen LogP contribution in [0.25, 0.3) is 22.2 Å². The van der Waals surface area contributed by atoms with E-state index in [4.69, 9.17) is 21.1 Å². The van der Waals surface area contributed by atoms with Crippen molar-refractivity contribution in [2.24, 2.45) is 5.92 Å².